The molecule has 2 aliphatic carbocycles. The molecule has 0 nitrogen and oxygen atoms in total. The Labute approximate surface area is 200 Å². The smallest absolute Gasteiger partial charge is 0.143 e. The molecular weight excluding hydrogens is 441 g/mol. The summed E-state index contributed by atoms with van der Waals surface area (Å²) in [7, 11) is 0. The summed E-state index contributed by atoms with van der Waals surface area (Å²) in [6, 6.07) is 6.96. The highest BCUT2D eigenvalue weighted by atomic mass is 35.5. The van der Waals surface area contributed by atoms with E-state index in [0.29, 0.717) is 11.5 Å². The largest absolute Gasteiger partial charge is 0.206 e. The average Bonchev–Trinajstić information content (AvgIpc) is 2.80. The van der Waals surface area contributed by atoms with Gasteiger partial charge in [-0.25, -0.2) is 13.2 Å². The molecule has 2 fully saturated rings. The lowest BCUT2D eigenvalue weighted by Gasteiger charge is -2.42. The minimum Gasteiger partial charge on any atom is -0.206 e. The molecule has 2 aromatic rings. The Kier molecular flexibility index (Phi) is 7.86. The second kappa shape index (κ2) is 10.8. The fourth-order valence-electron chi connectivity index (χ4n) is 5.71. The monoisotopic (exact) mass is 470 g/mol. The lowest BCUT2D eigenvalue weighted by atomic mass is 9.63. The molecule has 0 amide bonds. The van der Waals surface area contributed by atoms with Gasteiger partial charge < -0.3 is 0 Å². The van der Waals surface area contributed by atoms with Gasteiger partial charge >= 0.3 is 0 Å². The quantitative estimate of drug-likeness (QED) is 0.309. The molecule has 0 heterocycles. The van der Waals surface area contributed by atoms with E-state index in [1.165, 1.54) is 56.4 Å². The SMILES string of the molecule is C/C=C/CCC1CCC2CC(c3cc(F)c(C#Cc4ccc(Cl)c(F)c4)c(F)c3)CCC2C1. The summed E-state index contributed by atoms with van der Waals surface area (Å²) in [4.78, 5) is 0. The van der Waals surface area contributed by atoms with Crippen LogP contribution in [0.5, 0.6) is 0 Å². The molecule has 33 heavy (non-hydrogen) atoms. The van der Waals surface area contributed by atoms with E-state index in [4.69, 9.17) is 11.6 Å². The van der Waals surface area contributed by atoms with Gasteiger partial charge in [0, 0.05) is 5.56 Å². The molecule has 0 spiro atoms. The van der Waals surface area contributed by atoms with Gasteiger partial charge in [0.05, 0.1) is 10.6 Å². The Morgan fingerprint density at radius 1 is 0.909 bits per heavy atom. The van der Waals surface area contributed by atoms with Gasteiger partial charge in [-0.05, 0) is 111 Å². The van der Waals surface area contributed by atoms with Gasteiger partial charge in [-0.3, -0.25) is 0 Å². The number of rotatable bonds is 4. The first-order valence-electron chi connectivity index (χ1n) is 12.0. The standard InChI is InChI=1S/C29H30ClF3/c1-2-3-4-5-19-6-9-22-16-23(11-10-21(22)14-19)24-17-27(31)25(28(32)18-24)12-7-20-8-13-26(30)29(33)15-20/h2-3,8,13,15,17-19,21-23H,4-6,9-11,14,16H2,1H3/b3-2+. The van der Waals surface area contributed by atoms with Gasteiger partial charge in [-0.2, -0.15) is 0 Å². The molecule has 4 heteroatoms. The zero-order valence-corrected chi connectivity index (χ0v) is 19.8. The van der Waals surface area contributed by atoms with Crippen LogP contribution >= 0.6 is 11.6 Å². The average molecular weight is 471 g/mol. The highest BCUT2D eigenvalue weighted by Crippen LogP contribution is 2.48. The molecular formula is C29H30ClF3. The van der Waals surface area contributed by atoms with Crippen molar-refractivity contribution in [3.05, 3.63) is 81.6 Å². The molecule has 2 saturated carbocycles. The van der Waals surface area contributed by atoms with Crippen LogP contribution in [0.25, 0.3) is 0 Å². The van der Waals surface area contributed by atoms with E-state index in [1.807, 2.05) is 0 Å². The summed E-state index contributed by atoms with van der Waals surface area (Å²) in [6.45, 7) is 2.07. The molecule has 4 rings (SSSR count). The van der Waals surface area contributed by atoms with E-state index in [-0.39, 0.29) is 16.5 Å². The first-order valence-corrected chi connectivity index (χ1v) is 12.4. The van der Waals surface area contributed by atoms with Crippen LogP contribution in [0.3, 0.4) is 0 Å². The van der Waals surface area contributed by atoms with Crippen molar-refractivity contribution in [1.29, 1.82) is 0 Å². The maximum atomic E-state index is 14.8. The Bertz CT molecular complexity index is 1060. The zero-order chi connectivity index (χ0) is 23.4. The van der Waals surface area contributed by atoms with E-state index in [1.54, 1.807) is 0 Å². The molecule has 4 atom stereocenters. The van der Waals surface area contributed by atoms with Gasteiger partial charge in [-0.15, -0.1) is 0 Å². The maximum absolute atomic E-state index is 14.8. The third-order valence-corrected chi connectivity index (χ3v) is 7.79. The summed E-state index contributed by atoms with van der Waals surface area (Å²) >= 11 is 5.67. The normalized spacial score (nSPS) is 24.9. The molecule has 0 radical (unpaired) electrons. The first-order chi connectivity index (χ1) is 15.9. The summed E-state index contributed by atoms with van der Waals surface area (Å²) in [5.74, 6) is 5.69. The van der Waals surface area contributed by atoms with Crippen molar-refractivity contribution in [3.63, 3.8) is 0 Å². The van der Waals surface area contributed by atoms with E-state index < -0.39 is 17.5 Å². The van der Waals surface area contributed by atoms with Crippen LogP contribution in [0.1, 0.15) is 80.9 Å². The number of hydrogen-bond acceptors (Lipinski definition) is 0. The fourth-order valence-corrected chi connectivity index (χ4v) is 5.82. The van der Waals surface area contributed by atoms with Crippen LogP contribution in [0, 0.1) is 47.0 Å². The van der Waals surface area contributed by atoms with Crippen molar-refractivity contribution >= 4 is 11.6 Å². The fraction of sp³-hybridized carbons (Fsp3) is 0.448. The molecule has 0 aromatic heterocycles. The molecule has 0 bridgehead atoms. The van der Waals surface area contributed by atoms with E-state index >= 15 is 0 Å². The lowest BCUT2D eigenvalue weighted by molar-refractivity contribution is 0.115. The molecule has 2 aromatic carbocycles. The lowest BCUT2D eigenvalue weighted by Crippen LogP contribution is -2.30. The topological polar surface area (TPSA) is 0 Å². The van der Waals surface area contributed by atoms with E-state index in [9.17, 15) is 13.2 Å². The van der Waals surface area contributed by atoms with Crippen molar-refractivity contribution in [2.75, 3.05) is 0 Å². The van der Waals surface area contributed by atoms with Crippen LogP contribution in [0.15, 0.2) is 42.5 Å². The first kappa shape index (κ1) is 24.0. The van der Waals surface area contributed by atoms with Crippen LogP contribution in [0.2, 0.25) is 5.02 Å². The minimum atomic E-state index is -0.651. The third kappa shape index (κ3) is 5.85. The predicted octanol–water partition coefficient (Wildman–Crippen LogP) is 8.81. The van der Waals surface area contributed by atoms with Crippen LogP contribution in [-0.4, -0.2) is 0 Å². The Morgan fingerprint density at radius 3 is 2.36 bits per heavy atom. The highest BCUT2D eigenvalue weighted by molar-refractivity contribution is 6.30. The number of halogens is 4. The number of fused-ring (bicyclic) bond motifs is 1. The molecule has 0 N–H and O–H groups in total. The summed E-state index contributed by atoms with van der Waals surface area (Å²) in [6.07, 6.45) is 13.8. The van der Waals surface area contributed by atoms with Crippen LogP contribution in [0.4, 0.5) is 13.2 Å². The maximum Gasteiger partial charge on any atom is 0.143 e. The highest BCUT2D eigenvalue weighted by Gasteiger charge is 2.36. The Hall–Kier alpha value is -2.18. The van der Waals surface area contributed by atoms with Gasteiger partial charge in [0.2, 0.25) is 0 Å². The van der Waals surface area contributed by atoms with Crippen molar-refractivity contribution in [1.82, 2.24) is 0 Å². The van der Waals surface area contributed by atoms with Gasteiger partial charge in [0.25, 0.3) is 0 Å². The van der Waals surface area contributed by atoms with E-state index in [0.717, 1.165) is 42.7 Å². The molecule has 0 aliphatic heterocycles. The Morgan fingerprint density at radius 2 is 1.64 bits per heavy atom. The van der Waals surface area contributed by atoms with Gasteiger partial charge in [0.1, 0.15) is 17.5 Å². The zero-order valence-electron chi connectivity index (χ0n) is 19.0. The second-order valence-corrected chi connectivity index (χ2v) is 10.0. The summed E-state index contributed by atoms with van der Waals surface area (Å²) < 4.78 is 43.2. The van der Waals surface area contributed by atoms with Gasteiger partial charge in [-0.1, -0.05) is 42.0 Å². The molecule has 4 unspecified atom stereocenters. The predicted molar refractivity (Wildman–Crippen MR) is 129 cm³/mol. The second-order valence-electron chi connectivity index (χ2n) is 9.59. The summed E-state index contributed by atoms with van der Waals surface area (Å²) in [5, 5.41) is -0.0147. The van der Waals surface area contributed by atoms with Gasteiger partial charge in [0.15, 0.2) is 0 Å². The molecule has 174 valence electrons. The van der Waals surface area contributed by atoms with Crippen molar-refractivity contribution in [2.24, 2.45) is 17.8 Å². The van der Waals surface area contributed by atoms with Crippen molar-refractivity contribution < 1.29 is 13.2 Å². The molecule has 2 aliphatic rings. The third-order valence-electron chi connectivity index (χ3n) is 7.49. The minimum absolute atomic E-state index is 0.0147. The summed E-state index contributed by atoms with van der Waals surface area (Å²) in [5.41, 5.74) is 0.783. The van der Waals surface area contributed by atoms with E-state index in [2.05, 4.69) is 30.9 Å². The van der Waals surface area contributed by atoms with Crippen molar-refractivity contribution in [2.45, 2.75) is 64.2 Å². The number of benzene rings is 2. The molecule has 0 saturated heterocycles. The van der Waals surface area contributed by atoms with Crippen LogP contribution in [-0.2, 0) is 0 Å². The van der Waals surface area contributed by atoms with Crippen molar-refractivity contribution in [3.8, 4) is 11.8 Å². The number of hydrogen-bond donors (Lipinski definition) is 0. The van der Waals surface area contributed by atoms with Crippen LogP contribution < -0.4 is 0 Å². The number of allylic oxidation sites excluding steroid dienone is 2. The Balaban J connectivity index is 1.43.